The largest absolute Gasteiger partial charge is 0.476 e. The Balaban J connectivity index is 1.45. The second-order valence-corrected chi connectivity index (χ2v) is 10.4. The maximum Gasteiger partial charge on any atom is 0.153 e. The van der Waals surface area contributed by atoms with Crippen LogP contribution in [0.5, 0.6) is 5.75 Å². The van der Waals surface area contributed by atoms with Gasteiger partial charge in [0.1, 0.15) is 5.75 Å². The molecule has 1 saturated heterocycles. The number of aryl methyl sites for hydroxylation is 1. The van der Waals surface area contributed by atoms with E-state index in [1.165, 1.54) is 16.0 Å². The molecule has 2 aliphatic rings. The summed E-state index contributed by atoms with van der Waals surface area (Å²) in [5, 5.41) is 10.1. The van der Waals surface area contributed by atoms with Crippen LogP contribution in [-0.2, 0) is 6.42 Å². The first-order chi connectivity index (χ1) is 12.9. The fourth-order valence-electron chi connectivity index (χ4n) is 4.25. The molecule has 1 fully saturated rings. The molecular weight excluding hydrogens is 422 g/mol. The van der Waals surface area contributed by atoms with Gasteiger partial charge in [0.2, 0.25) is 0 Å². The van der Waals surface area contributed by atoms with E-state index >= 15 is 0 Å². The van der Waals surface area contributed by atoms with E-state index in [-0.39, 0.29) is 11.7 Å². The molecule has 144 valence electrons. The van der Waals surface area contributed by atoms with Crippen LogP contribution in [0.25, 0.3) is 0 Å². The summed E-state index contributed by atoms with van der Waals surface area (Å²) in [5.41, 5.74) is 2.65. The van der Waals surface area contributed by atoms with Gasteiger partial charge in [0.25, 0.3) is 0 Å². The first-order valence-corrected chi connectivity index (χ1v) is 11.2. The van der Waals surface area contributed by atoms with Crippen molar-refractivity contribution < 1.29 is 9.84 Å². The fourth-order valence-corrected chi connectivity index (χ4v) is 5.58. The minimum atomic E-state index is -0.194. The molecule has 27 heavy (non-hydrogen) atoms. The molecule has 0 radical (unpaired) electrons. The van der Waals surface area contributed by atoms with E-state index in [0.717, 1.165) is 35.9 Å². The molecule has 2 aromatic carbocycles. The summed E-state index contributed by atoms with van der Waals surface area (Å²) in [6, 6.07) is 15.8. The number of fused-ring (bicyclic) bond motifs is 1. The Hall–Kier alpha value is -1.01. The van der Waals surface area contributed by atoms with E-state index in [0.29, 0.717) is 12.1 Å². The molecule has 0 bridgehead atoms. The van der Waals surface area contributed by atoms with Crippen LogP contribution >= 0.6 is 27.7 Å². The zero-order chi connectivity index (χ0) is 19.0. The lowest BCUT2D eigenvalue weighted by Gasteiger charge is -2.28. The predicted octanol–water partition coefficient (Wildman–Crippen LogP) is 5.76. The number of nitrogens with zero attached hydrogens (tertiary/aromatic N) is 1. The number of halogens is 1. The molecule has 1 N–H and O–H groups in total. The van der Waals surface area contributed by atoms with Crippen molar-refractivity contribution in [3.63, 3.8) is 0 Å². The SMILES string of the molecule is CC1(C)Oc2ccc(C3CCC(CCc4ccc(Br)cc4)N3CO)cc2S1. The molecule has 2 heterocycles. The van der Waals surface area contributed by atoms with E-state index in [1.807, 2.05) is 0 Å². The highest BCUT2D eigenvalue weighted by molar-refractivity contribution is 9.10. The van der Waals surface area contributed by atoms with Crippen LogP contribution in [0.15, 0.2) is 51.8 Å². The number of aliphatic hydroxyl groups excluding tert-OH is 1. The number of rotatable bonds is 5. The highest BCUT2D eigenvalue weighted by atomic mass is 79.9. The van der Waals surface area contributed by atoms with Gasteiger partial charge in [0, 0.05) is 16.6 Å². The monoisotopic (exact) mass is 447 g/mol. The predicted molar refractivity (Wildman–Crippen MR) is 114 cm³/mol. The summed E-state index contributed by atoms with van der Waals surface area (Å²) in [7, 11) is 0. The Kier molecular flexibility index (Phi) is 5.57. The van der Waals surface area contributed by atoms with Crippen LogP contribution in [0, 0.1) is 0 Å². The Bertz CT molecular complexity index is 808. The third-order valence-corrected chi connectivity index (χ3v) is 7.19. The number of thioether (sulfide) groups is 1. The van der Waals surface area contributed by atoms with Gasteiger partial charge < -0.3 is 9.84 Å². The van der Waals surface area contributed by atoms with Crippen molar-refractivity contribution in [3.05, 3.63) is 58.1 Å². The molecule has 2 aliphatic heterocycles. The average molecular weight is 448 g/mol. The van der Waals surface area contributed by atoms with E-state index < -0.39 is 0 Å². The molecule has 2 aromatic rings. The van der Waals surface area contributed by atoms with Crippen LogP contribution in [-0.4, -0.2) is 27.7 Å². The number of hydrogen-bond donors (Lipinski definition) is 1. The van der Waals surface area contributed by atoms with Gasteiger partial charge in [0.05, 0.1) is 11.6 Å². The Morgan fingerprint density at radius 2 is 1.96 bits per heavy atom. The van der Waals surface area contributed by atoms with Crippen molar-refractivity contribution in [2.45, 2.75) is 61.4 Å². The van der Waals surface area contributed by atoms with Gasteiger partial charge in [-0.2, -0.15) is 0 Å². The van der Waals surface area contributed by atoms with Crippen LogP contribution < -0.4 is 4.74 Å². The van der Waals surface area contributed by atoms with Gasteiger partial charge in [0.15, 0.2) is 4.93 Å². The van der Waals surface area contributed by atoms with Crippen molar-refractivity contribution in [2.75, 3.05) is 6.73 Å². The van der Waals surface area contributed by atoms with Crippen LogP contribution in [0.3, 0.4) is 0 Å². The van der Waals surface area contributed by atoms with Crippen molar-refractivity contribution in [3.8, 4) is 5.75 Å². The third kappa shape index (κ3) is 4.21. The quantitative estimate of drug-likeness (QED) is 0.631. The Morgan fingerprint density at radius 1 is 1.19 bits per heavy atom. The summed E-state index contributed by atoms with van der Waals surface area (Å²) >= 11 is 5.27. The average Bonchev–Trinajstić information content (AvgIpc) is 3.18. The Labute approximate surface area is 174 Å². The molecule has 0 saturated carbocycles. The first-order valence-electron chi connectivity index (χ1n) is 9.58. The summed E-state index contributed by atoms with van der Waals surface area (Å²) < 4.78 is 7.10. The molecular formula is C22H26BrNO2S. The lowest BCUT2D eigenvalue weighted by molar-refractivity contribution is 0.0596. The Morgan fingerprint density at radius 3 is 2.70 bits per heavy atom. The minimum Gasteiger partial charge on any atom is -0.476 e. The third-order valence-electron chi connectivity index (χ3n) is 5.55. The summed E-state index contributed by atoms with van der Waals surface area (Å²) in [5.74, 6) is 0.981. The molecule has 2 atom stereocenters. The second-order valence-electron chi connectivity index (χ2n) is 7.88. The molecule has 4 rings (SSSR count). The van der Waals surface area contributed by atoms with E-state index in [1.54, 1.807) is 11.8 Å². The van der Waals surface area contributed by atoms with Gasteiger partial charge in [-0.3, -0.25) is 4.90 Å². The molecule has 5 heteroatoms. The molecule has 0 aromatic heterocycles. The van der Waals surface area contributed by atoms with Gasteiger partial charge in [-0.25, -0.2) is 0 Å². The highest BCUT2D eigenvalue weighted by Gasteiger charge is 2.36. The first kappa shape index (κ1) is 19.3. The summed E-state index contributed by atoms with van der Waals surface area (Å²) in [6.45, 7) is 4.32. The lowest BCUT2D eigenvalue weighted by Crippen LogP contribution is -2.32. The molecule has 0 spiro atoms. The van der Waals surface area contributed by atoms with Crippen LogP contribution in [0.1, 0.15) is 50.3 Å². The zero-order valence-corrected chi connectivity index (χ0v) is 18.2. The van der Waals surface area contributed by atoms with Gasteiger partial charge in [-0.1, -0.05) is 45.9 Å². The normalized spacial score (nSPS) is 24.0. The van der Waals surface area contributed by atoms with Gasteiger partial charge in [-0.15, -0.1) is 0 Å². The molecule has 2 unspecified atom stereocenters. The number of benzene rings is 2. The van der Waals surface area contributed by atoms with E-state index in [2.05, 4.69) is 77.1 Å². The maximum absolute atomic E-state index is 10.1. The van der Waals surface area contributed by atoms with Gasteiger partial charge >= 0.3 is 0 Å². The smallest absolute Gasteiger partial charge is 0.153 e. The summed E-state index contributed by atoms with van der Waals surface area (Å²) in [4.78, 5) is 3.29. The topological polar surface area (TPSA) is 32.7 Å². The fraction of sp³-hybridized carbons (Fsp3) is 0.455. The van der Waals surface area contributed by atoms with Crippen LogP contribution in [0.4, 0.5) is 0 Å². The second kappa shape index (κ2) is 7.78. The van der Waals surface area contributed by atoms with Crippen molar-refractivity contribution in [1.82, 2.24) is 4.90 Å². The molecule has 3 nitrogen and oxygen atoms in total. The number of likely N-dealkylation sites (tertiary alicyclic amines) is 1. The van der Waals surface area contributed by atoms with E-state index in [4.69, 9.17) is 4.74 Å². The van der Waals surface area contributed by atoms with Crippen molar-refractivity contribution in [2.24, 2.45) is 0 Å². The minimum absolute atomic E-state index is 0.113. The lowest BCUT2D eigenvalue weighted by atomic mass is 10.0. The summed E-state index contributed by atoms with van der Waals surface area (Å²) in [6.07, 6.45) is 4.35. The number of aliphatic hydroxyl groups is 1. The van der Waals surface area contributed by atoms with Gasteiger partial charge in [-0.05, 0) is 74.9 Å². The zero-order valence-electron chi connectivity index (χ0n) is 15.8. The molecule has 0 aliphatic carbocycles. The maximum atomic E-state index is 10.1. The van der Waals surface area contributed by atoms with E-state index in [9.17, 15) is 5.11 Å². The molecule has 0 amide bonds. The highest BCUT2D eigenvalue weighted by Crippen LogP contribution is 2.49. The number of hydrogen-bond acceptors (Lipinski definition) is 4. The van der Waals surface area contributed by atoms with Crippen molar-refractivity contribution in [1.29, 1.82) is 0 Å². The standard InChI is InChI=1S/C22H26BrNO2S/c1-22(2)26-20-12-6-16(13-21(20)27-22)19-11-10-18(24(19)14-25)9-5-15-3-7-17(23)8-4-15/h3-4,6-8,12-13,18-19,25H,5,9-11,14H2,1-2H3. The van der Waals surface area contributed by atoms with Crippen LogP contribution in [0.2, 0.25) is 0 Å². The number of ether oxygens (including phenoxy) is 1. The van der Waals surface area contributed by atoms with Crippen molar-refractivity contribution >= 4 is 27.7 Å².